The van der Waals surface area contributed by atoms with E-state index in [-0.39, 0.29) is 0 Å². The number of hydrogen-bond donors (Lipinski definition) is 2. The summed E-state index contributed by atoms with van der Waals surface area (Å²) in [4.78, 5) is 0. The zero-order chi connectivity index (χ0) is 11.8. The summed E-state index contributed by atoms with van der Waals surface area (Å²) < 4.78 is 10.7. The second kappa shape index (κ2) is 6.95. The molecule has 0 saturated heterocycles. The van der Waals surface area contributed by atoms with Gasteiger partial charge < -0.3 is 20.5 Å². The average Bonchev–Trinajstić information content (AvgIpc) is 2.31. The monoisotopic (exact) mass is 224 g/mol. The van der Waals surface area contributed by atoms with E-state index >= 15 is 0 Å². The maximum Gasteiger partial charge on any atom is 0.162 e. The molecule has 1 aromatic carbocycles. The predicted molar refractivity (Wildman–Crippen MR) is 66.3 cm³/mol. The summed E-state index contributed by atoms with van der Waals surface area (Å²) in [7, 11) is 1.64. The van der Waals surface area contributed by atoms with Gasteiger partial charge in [-0.05, 0) is 32.0 Å². The fourth-order valence-electron chi connectivity index (χ4n) is 1.39. The van der Waals surface area contributed by atoms with E-state index in [1.165, 1.54) is 0 Å². The van der Waals surface area contributed by atoms with Crippen molar-refractivity contribution < 1.29 is 9.47 Å². The Morgan fingerprint density at radius 3 is 2.75 bits per heavy atom. The van der Waals surface area contributed by atoms with Crippen LogP contribution in [0, 0.1) is 0 Å². The lowest BCUT2D eigenvalue weighted by Gasteiger charge is -2.12. The van der Waals surface area contributed by atoms with Gasteiger partial charge in [-0.25, -0.2) is 0 Å². The first-order valence-corrected chi connectivity index (χ1v) is 5.56. The standard InChI is InChI=1S/C12H20N2O2/c1-3-16-11-6-5-10(9-12(11)15-2)14-8-4-7-13/h5-6,9,14H,3-4,7-8,13H2,1-2H3. The van der Waals surface area contributed by atoms with Gasteiger partial charge >= 0.3 is 0 Å². The molecule has 0 radical (unpaired) electrons. The van der Waals surface area contributed by atoms with Gasteiger partial charge in [-0.15, -0.1) is 0 Å². The first kappa shape index (κ1) is 12.6. The lowest BCUT2D eigenvalue weighted by atomic mass is 10.2. The van der Waals surface area contributed by atoms with Crippen molar-refractivity contribution in [3.63, 3.8) is 0 Å². The molecule has 0 aliphatic carbocycles. The van der Waals surface area contributed by atoms with E-state index in [2.05, 4.69) is 5.32 Å². The van der Waals surface area contributed by atoms with Crippen molar-refractivity contribution in [1.82, 2.24) is 0 Å². The Morgan fingerprint density at radius 1 is 1.31 bits per heavy atom. The van der Waals surface area contributed by atoms with Crippen LogP contribution >= 0.6 is 0 Å². The number of ether oxygens (including phenoxy) is 2. The molecule has 0 fully saturated rings. The van der Waals surface area contributed by atoms with Gasteiger partial charge in [0.1, 0.15) is 0 Å². The molecule has 1 aromatic rings. The second-order valence-electron chi connectivity index (χ2n) is 3.37. The van der Waals surface area contributed by atoms with Crippen molar-refractivity contribution in [3.05, 3.63) is 18.2 Å². The van der Waals surface area contributed by atoms with Crippen LogP contribution in [-0.2, 0) is 0 Å². The molecule has 0 aromatic heterocycles. The number of hydrogen-bond acceptors (Lipinski definition) is 4. The van der Waals surface area contributed by atoms with Gasteiger partial charge in [0.15, 0.2) is 11.5 Å². The fourth-order valence-corrected chi connectivity index (χ4v) is 1.39. The van der Waals surface area contributed by atoms with Crippen LogP contribution < -0.4 is 20.5 Å². The summed E-state index contributed by atoms with van der Waals surface area (Å²) in [5.74, 6) is 1.52. The van der Waals surface area contributed by atoms with E-state index in [0.717, 1.165) is 30.2 Å². The third-order valence-corrected chi connectivity index (χ3v) is 2.17. The second-order valence-corrected chi connectivity index (χ2v) is 3.37. The van der Waals surface area contributed by atoms with E-state index in [0.29, 0.717) is 13.2 Å². The molecule has 90 valence electrons. The molecule has 0 atom stereocenters. The molecule has 1 rings (SSSR count). The Bertz CT molecular complexity index is 316. The first-order chi connectivity index (χ1) is 7.81. The van der Waals surface area contributed by atoms with E-state index in [9.17, 15) is 0 Å². The number of nitrogens with one attached hydrogen (secondary N) is 1. The van der Waals surface area contributed by atoms with Crippen LogP contribution in [0.4, 0.5) is 5.69 Å². The van der Waals surface area contributed by atoms with Crippen LogP contribution in [0.15, 0.2) is 18.2 Å². The minimum atomic E-state index is 0.635. The number of nitrogens with two attached hydrogens (primary N) is 1. The number of methoxy groups -OCH3 is 1. The van der Waals surface area contributed by atoms with Crippen LogP contribution in [0.3, 0.4) is 0 Å². The number of rotatable bonds is 7. The van der Waals surface area contributed by atoms with Crippen LogP contribution in [-0.4, -0.2) is 26.8 Å². The molecule has 0 unspecified atom stereocenters. The van der Waals surface area contributed by atoms with Gasteiger partial charge in [0.25, 0.3) is 0 Å². The molecule has 4 heteroatoms. The van der Waals surface area contributed by atoms with Crippen LogP contribution in [0.25, 0.3) is 0 Å². The van der Waals surface area contributed by atoms with Gasteiger partial charge in [0.2, 0.25) is 0 Å². The van der Waals surface area contributed by atoms with Gasteiger partial charge in [-0.3, -0.25) is 0 Å². The third-order valence-electron chi connectivity index (χ3n) is 2.17. The fraction of sp³-hybridized carbons (Fsp3) is 0.500. The summed E-state index contributed by atoms with van der Waals surface area (Å²) in [6.45, 7) is 4.15. The number of benzene rings is 1. The molecule has 4 nitrogen and oxygen atoms in total. The Labute approximate surface area is 96.7 Å². The minimum Gasteiger partial charge on any atom is -0.493 e. The SMILES string of the molecule is CCOc1ccc(NCCCN)cc1OC. The summed E-state index contributed by atoms with van der Waals surface area (Å²) in [5, 5.41) is 3.27. The van der Waals surface area contributed by atoms with Gasteiger partial charge in [0, 0.05) is 18.3 Å². The Balaban J connectivity index is 2.66. The highest BCUT2D eigenvalue weighted by molar-refractivity contribution is 5.54. The smallest absolute Gasteiger partial charge is 0.162 e. The maximum atomic E-state index is 5.44. The summed E-state index contributed by atoms with van der Waals surface area (Å²) in [6.07, 6.45) is 0.954. The van der Waals surface area contributed by atoms with Crippen molar-refractivity contribution >= 4 is 5.69 Å². The predicted octanol–water partition coefficient (Wildman–Crippen LogP) is 1.85. The summed E-state index contributed by atoms with van der Waals surface area (Å²) in [5.41, 5.74) is 6.45. The Morgan fingerprint density at radius 2 is 2.12 bits per heavy atom. The van der Waals surface area contributed by atoms with E-state index < -0.39 is 0 Å². The molecule has 0 spiro atoms. The molecular weight excluding hydrogens is 204 g/mol. The summed E-state index contributed by atoms with van der Waals surface area (Å²) in [6, 6.07) is 5.82. The molecule has 0 bridgehead atoms. The van der Waals surface area contributed by atoms with Crippen LogP contribution in [0.5, 0.6) is 11.5 Å². The minimum absolute atomic E-state index is 0.635. The zero-order valence-corrected chi connectivity index (χ0v) is 9.95. The van der Waals surface area contributed by atoms with Gasteiger partial charge in [0.05, 0.1) is 13.7 Å². The molecule has 0 amide bonds. The van der Waals surface area contributed by atoms with Crippen molar-refractivity contribution in [3.8, 4) is 11.5 Å². The summed E-state index contributed by atoms with van der Waals surface area (Å²) >= 11 is 0. The van der Waals surface area contributed by atoms with Crippen molar-refractivity contribution in [2.45, 2.75) is 13.3 Å². The molecule has 0 aliphatic heterocycles. The lowest BCUT2D eigenvalue weighted by Crippen LogP contribution is -2.08. The zero-order valence-electron chi connectivity index (χ0n) is 9.95. The van der Waals surface area contributed by atoms with Crippen molar-refractivity contribution in [2.75, 3.05) is 32.1 Å². The van der Waals surface area contributed by atoms with E-state index in [1.54, 1.807) is 7.11 Å². The first-order valence-electron chi connectivity index (χ1n) is 5.56. The Hall–Kier alpha value is -1.42. The Kier molecular flexibility index (Phi) is 5.50. The van der Waals surface area contributed by atoms with E-state index in [1.807, 2.05) is 25.1 Å². The largest absolute Gasteiger partial charge is 0.493 e. The normalized spacial score (nSPS) is 9.94. The van der Waals surface area contributed by atoms with E-state index in [4.69, 9.17) is 15.2 Å². The lowest BCUT2D eigenvalue weighted by molar-refractivity contribution is 0.311. The molecule has 0 saturated carbocycles. The van der Waals surface area contributed by atoms with Crippen molar-refractivity contribution in [1.29, 1.82) is 0 Å². The molecule has 16 heavy (non-hydrogen) atoms. The third kappa shape index (κ3) is 3.62. The van der Waals surface area contributed by atoms with Crippen LogP contribution in [0.2, 0.25) is 0 Å². The molecule has 3 N–H and O–H groups in total. The van der Waals surface area contributed by atoms with Gasteiger partial charge in [-0.1, -0.05) is 0 Å². The molecule has 0 heterocycles. The highest BCUT2D eigenvalue weighted by atomic mass is 16.5. The maximum absolute atomic E-state index is 5.44. The molecular formula is C12H20N2O2. The number of anilines is 1. The van der Waals surface area contributed by atoms with Crippen LogP contribution in [0.1, 0.15) is 13.3 Å². The highest BCUT2D eigenvalue weighted by Gasteiger charge is 2.04. The quantitative estimate of drug-likeness (QED) is 0.694. The highest BCUT2D eigenvalue weighted by Crippen LogP contribution is 2.29. The van der Waals surface area contributed by atoms with Crippen molar-refractivity contribution in [2.24, 2.45) is 5.73 Å². The average molecular weight is 224 g/mol. The topological polar surface area (TPSA) is 56.5 Å². The van der Waals surface area contributed by atoms with Gasteiger partial charge in [-0.2, -0.15) is 0 Å². The molecule has 0 aliphatic rings.